The van der Waals surface area contributed by atoms with Gasteiger partial charge in [-0.05, 0) is 48.7 Å². The summed E-state index contributed by atoms with van der Waals surface area (Å²) in [5.41, 5.74) is 3.05. The van der Waals surface area contributed by atoms with Gasteiger partial charge in [0.15, 0.2) is 0 Å². The number of hydrogen-bond donors (Lipinski definition) is 0. The number of benzene rings is 1. The number of nitrogens with zero attached hydrogens (tertiary/aromatic N) is 4. The quantitative estimate of drug-likeness (QED) is 0.739. The van der Waals surface area contributed by atoms with E-state index in [1.165, 1.54) is 11.6 Å². The van der Waals surface area contributed by atoms with Gasteiger partial charge in [0.2, 0.25) is 11.8 Å². The second kappa shape index (κ2) is 6.13. The molecule has 5 nitrogen and oxygen atoms in total. The van der Waals surface area contributed by atoms with E-state index >= 15 is 0 Å². The Morgan fingerprint density at radius 1 is 1.29 bits per heavy atom. The van der Waals surface area contributed by atoms with Gasteiger partial charge in [-0.25, -0.2) is 4.39 Å². The van der Waals surface area contributed by atoms with Crippen LogP contribution in [0.3, 0.4) is 0 Å². The smallest absolute Gasteiger partial charge is 0.249 e. The fourth-order valence-electron chi connectivity index (χ4n) is 3.15. The van der Waals surface area contributed by atoms with Crippen molar-refractivity contribution >= 4 is 0 Å². The van der Waals surface area contributed by atoms with E-state index < -0.39 is 0 Å². The summed E-state index contributed by atoms with van der Waals surface area (Å²) in [5, 5.41) is 8.23. The molecule has 0 N–H and O–H groups in total. The van der Waals surface area contributed by atoms with E-state index in [0.717, 1.165) is 24.1 Å². The SMILES string of the molecule is C[C@H]1c2cc(F)ccc2CCN1Cc1nnc(-c2cccnc2)o1. The number of rotatable bonds is 3. The maximum Gasteiger partial charge on any atom is 0.249 e. The lowest BCUT2D eigenvalue weighted by molar-refractivity contribution is 0.172. The molecule has 0 spiro atoms. The zero-order valence-electron chi connectivity index (χ0n) is 13.3. The maximum absolute atomic E-state index is 13.5. The fourth-order valence-corrected chi connectivity index (χ4v) is 3.15. The highest BCUT2D eigenvalue weighted by molar-refractivity contribution is 5.49. The van der Waals surface area contributed by atoms with Crippen LogP contribution in [0.5, 0.6) is 0 Å². The summed E-state index contributed by atoms with van der Waals surface area (Å²) in [6.45, 7) is 3.50. The predicted molar refractivity (Wildman–Crippen MR) is 86.5 cm³/mol. The molecule has 0 fully saturated rings. The topological polar surface area (TPSA) is 55.1 Å². The third-order valence-corrected chi connectivity index (χ3v) is 4.49. The third kappa shape index (κ3) is 2.80. The molecular formula is C18H17FN4O. The summed E-state index contributed by atoms with van der Waals surface area (Å²) in [6, 6.07) is 8.86. The van der Waals surface area contributed by atoms with Crippen LogP contribution >= 0.6 is 0 Å². The van der Waals surface area contributed by atoms with Crippen LogP contribution in [0.15, 0.2) is 47.1 Å². The lowest BCUT2D eigenvalue weighted by Gasteiger charge is -2.34. The zero-order chi connectivity index (χ0) is 16.5. The Bertz CT molecular complexity index is 849. The molecule has 0 radical (unpaired) electrons. The second-order valence-electron chi connectivity index (χ2n) is 5.98. The number of halogens is 1. The minimum Gasteiger partial charge on any atom is -0.419 e. The van der Waals surface area contributed by atoms with Crippen molar-refractivity contribution in [2.75, 3.05) is 6.54 Å². The Hall–Kier alpha value is -2.60. The van der Waals surface area contributed by atoms with Gasteiger partial charge >= 0.3 is 0 Å². The van der Waals surface area contributed by atoms with Crippen LogP contribution < -0.4 is 0 Å². The average molecular weight is 324 g/mol. The lowest BCUT2D eigenvalue weighted by Crippen LogP contribution is -2.33. The molecule has 122 valence electrons. The van der Waals surface area contributed by atoms with Crippen molar-refractivity contribution in [1.82, 2.24) is 20.1 Å². The van der Waals surface area contributed by atoms with E-state index in [2.05, 4.69) is 27.0 Å². The molecule has 24 heavy (non-hydrogen) atoms. The summed E-state index contributed by atoms with van der Waals surface area (Å²) in [5.74, 6) is 0.828. The lowest BCUT2D eigenvalue weighted by atomic mass is 9.93. The molecule has 0 saturated heterocycles. The Balaban J connectivity index is 1.53. The van der Waals surface area contributed by atoms with E-state index in [4.69, 9.17) is 4.42 Å². The first-order valence-electron chi connectivity index (χ1n) is 7.96. The van der Waals surface area contributed by atoms with E-state index in [-0.39, 0.29) is 11.9 Å². The molecule has 6 heteroatoms. The molecule has 2 aromatic heterocycles. The van der Waals surface area contributed by atoms with E-state index in [0.29, 0.717) is 18.3 Å². The van der Waals surface area contributed by atoms with Crippen molar-refractivity contribution in [3.8, 4) is 11.5 Å². The molecule has 1 aliphatic rings. The first-order valence-corrected chi connectivity index (χ1v) is 7.96. The van der Waals surface area contributed by atoms with Gasteiger partial charge in [0.1, 0.15) is 5.82 Å². The number of fused-ring (bicyclic) bond motifs is 1. The minimum atomic E-state index is -0.195. The molecule has 0 bridgehead atoms. The van der Waals surface area contributed by atoms with Crippen molar-refractivity contribution in [1.29, 1.82) is 0 Å². The van der Waals surface area contributed by atoms with Gasteiger partial charge in [-0.3, -0.25) is 9.88 Å². The summed E-state index contributed by atoms with van der Waals surface area (Å²) in [7, 11) is 0. The molecule has 0 amide bonds. The minimum absolute atomic E-state index is 0.109. The molecule has 0 aliphatic carbocycles. The molecule has 1 atom stereocenters. The van der Waals surface area contributed by atoms with E-state index in [1.54, 1.807) is 18.5 Å². The van der Waals surface area contributed by atoms with Crippen LogP contribution in [0.25, 0.3) is 11.5 Å². The number of aromatic nitrogens is 3. The first-order chi connectivity index (χ1) is 11.7. The van der Waals surface area contributed by atoms with Gasteiger partial charge in [0.25, 0.3) is 0 Å². The van der Waals surface area contributed by atoms with Gasteiger partial charge in [0, 0.05) is 25.0 Å². The van der Waals surface area contributed by atoms with Gasteiger partial charge in [-0.1, -0.05) is 6.07 Å². The molecular weight excluding hydrogens is 307 g/mol. The standard InChI is InChI=1S/C18H17FN4O/c1-12-16-9-15(19)5-4-13(16)6-8-23(12)11-17-21-22-18(24-17)14-3-2-7-20-10-14/h2-5,7,9-10,12H,6,8,11H2,1H3/t12-/m0/s1. The predicted octanol–water partition coefficient (Wildman–Crippen LogP) is 3.39. The van der Waals surface area contributed by atoms with E-state index in [1.807, 2.05) is 18.2 Å². The van der Waals surface area contributed by atoms with Crippen molar-refractivity contribution in [2.24, 2.45) is 0 Å². The van der Waals surface area contributed by atoms with Gasteiger partial charge in [-0.15, -0.1) is 10.2 Å². The number of hydrogen-bond acceptors (Lipinski definition) is 5. The molecule has 0 unspecified atom stereocenters. The monoisotopic (exact) mass is 324 g/mol. The molecule has 1 aromatic carbocycles. The van der Waals surface area contributed by atoms with Crippen LogP contribution in [0.2, 0.25) is 0 Å². The Morgan fingerprint density at radius 3 is 3.04 bits per heavy atom. The van der Waals surface area contributed by atoms with Crippen molar-refractivity contribution in [2.45, 2.75) is 25.9 Å². The van der Waals surface area contributed by atoms with Crippen LogP contribution in [0.1, 0.15) is 30.0 Å². The molecule has 4 rings (SSSR count). The second-order valence-corrected chi connectivity index (χ2v) is 5.98. The Morgan fingerprint density at radius 2 is 2.21 bits per heavy atom. The van der Waals surface area contributed by atoms with Crippen molar-refractivity contribution in [3.63, 3.8) is 0 Å². The van der Waals surface area contributed by atoms with Crippen LogP contribution in [-0.2, 0) is 13.0 Å². The maximum atomic E-state index is 13.5. The highest BCUT2D eigenvalue weighted by Crippen LogP contribution is 2.31. The molecule has 0 saturated carbocycles. The largest absolute Gasteiger partial charge is 0.419 e. The van der Waals surface area contributed by atoms with E-state index in [9.17, 15) is 4.39 Å². The highest BCUT2D eigenvalue weighted by Gasteiger charge is 2.25. The Kier molecular flexibility index (Phi) is 3.82. The van der Waals surface area contributed by atoms with Crippen LogP contribution in [0, 0.1) is 5.82 Å². The fraction of sp³-hybridized carbons (Fsp3) is 0.278. The van der Waals surface area contributed by atoms with Gasteiger partial charge in [0.05, 0.1) is 12.1 Å². The van der Waals surface area contributed by atoms with Gasteiger partial charge in [-0.2, -0.15) is 0 Å². The molecule has 3 heterocycles. The van der Waals surface area contributed by atoms with Crippen molar-refractivity contribution in [3.05, 3.63) is 65.6 Å². The molecule has 1 aliphatic heterocycles. The summed E-state index contributed by atoms with van der Waals surface area (Å²) in [4.78, 5) is 6.28. The normalized spacial score (nSPS) is 17.7. The summed E-state index contributed by atoms with van der Waals surface area (Å²) in [6.07, 6.45) is 4.29. The molecule has 3 aromatic rings. The number of pyridine rings is 1. The average Bonchev–Trinajstić information content (AvgIpc) is 3.07. The van der Waals surface area contributed by atoms with Crippen molar-refractivity contribution < 1.29 is 8.81 Å². The third-order valence-electron chi connectivity index (χ3n) is 4.49. The Labute approximate surface area is 139 Å². The van der Waals surface area contributed by atoms with Crippen LogP contribution in [-0.4, -0.2) is 26.6 Å². The first kappa shape index (κ1) is 15.0. The highest BCUT2D eigenvalue weighted by atomic mass is 19.1. The zero-order valence-corrected chi connectivity index (χ0v) is 13.3. The van der Waals surface area contributed by atoms with Gasteiger partial charge < -0.3 is 4.42 Å². The summed E-state index contributed by atoms with van der Waals surface area (Å²) >= 11 is 0. The van der Waals surface area contributed by atoms with Crippen LogP contribution in [0.4, 0.5) is 4.39 Å². The summed E-state index contributed by atoms with van der Waals surface area (Å²) < 4.78 is 19.3.